The minimum Gasteiger partial charge on any atom is -0.330 e. The highest BCUT2D eigenvalue weighted by Crippen LogP contribution is 2.37. The van der Waals surface area contributed by atoms with Crippen LogP contribution >= 0.6 is 0 Å². The van der Waals surface area contributed by atoms with Gasteiger partial charge < -0.3 is 5.73 Å². The van der Waals surface area contributed by atoms with E-state index in [-0.39, 0.29) is 0 Å². The largest absolute Gasteiger partial charge is 0.330 e. The van der Waals surface area contributed by atoms with Gasteiger partial charge in [-0.1, -0.05) is 77.6 Å². The zero-order valence-electron chi connectivity index (χ0n) is 11.9. The molecule has 0 unspecified atom stereocenters. The van der Waals surface area contributed by atoms with Crippen LogP contribution in [0.3, 0.4) is 0 Å². The SMILES string of the molecule is C1CCC(C2CCCCC2)CC1.CCCCN. The highest BCUT2D eigenvalue weighted by molar-refractivity contribution is 4.76. The van der Waals surface area contributed by atoms with Crippen molar-refractivity contribution >= 4 is 0 Å². The summed E-state index contributed by atoms with van der Waals surface area (Å²) in [4.78, 5) is 0. The van der Waals surface area contributed by atoms with Gasteiger partial charge in [0.2, 0.25) is 0 Å². The highest BCUT2D eigenvalue weighted by Gasteiger charge is 2.24. The van der Waals surface area contributed by atoms with Crippen LogP contribution in [0, 0.1) is 11.8 Å². The summed E-state index contributed by atoms with van der Waals surface area (Å²) in [5.41, 5.74) is 5.14. The lowest BCUT2D eigenvalue weighted by molar-refractivity contribution is 0.196. The Balaban J connectivity index is 0.000000249. The third kappa shape index (κ3) is 6.45. The smallest absolute Gasteiger partial charge is 0.00774 e. The van der Waals surface area contributed by atoms with Crippen LogP contribution in [0.1, 0.15) is 84.0 Å². The van der Waals surface area contributed by atoms with Crippen molar-refractivity contribution in [1.82, 2.24) is 0 Å². The molecule has 0 aromatic heterocycles. The summed E-state index contributed by atoms with van der Waals surface area (Å²) in [5.74, 6) is 2.28. The fourth-order valence-electron chi connectivity index (χ4n) is 3.42. The van der Waals surface area contributed by atoms with Crippen LogP contribution in [-0.2, 0) is 0 Å². The van der Waals surface area contributed by atoms with E-state index in [2.05, 4.69) is 6.92 Å². The van der Waals surface area contributed by atoms with Gasteiger partial charge in [0.1, 0.15) is 0 Å². The van der Waals surface area contributed by atoms with Gasteiger partial charge in [-0.15, -0.1) is 0 Å². The molecule has 0 aromatic rings. The molecule has 0 aromatic carbocycles. The van der Waals surface area contributed by atoms with E-state index >= 15 is 0 Å². The van der Waals surface area contributed by atoms with E-state index in [1.165, 1.54) is 51.4 Å². The summed E-state index contributed by atoms with van der Waals surface area (Å²) in [5, 5.41) is 0. The van der Waals surface area contributed by atoms with E-state index in [4.69, 9.17) is 5.73 Å². The Bertz CT molecular complexity index is 137. The second-order valence-corrected chi connectivity index (χ2v) is 5.94. The molecule has 0 radical (unpaired) electrons. The predicted octanol–water partition coefficient (Wildman–Crippen LogP) is 4.89. The first-order chi connectivity index (χ1) is 8.38. The first kappa shape index (κ1) is 15.0. The molecule has 102 valence electrons. The minimum absolute atomic E-state index is 0.844. The predicted molar refractivity (Wildman–Crippen MR) is 77.1 cm³/mol. The lowest BCUT2D eigenvalue weighted by atomic mass is 9.73. The summed E-state index contributed by atoms with van der Waals surface area (Å²) in [6, 6.07) is 0. The molecule has 1 nitrogen and oxygen atoms in total. The molecular weight excluding hydrogens is 206 g/mol. The maximum Gasteiger partial charge on any atom is -0.00774 e. The lowest BCUT2D eigenvalue weighted by Crippen LogP contribution is -2.20. The van der Waals surface area contributed by atoms with Gasteiger partial charge in [0.05, 0.1) is 0 Å². The van der Waals surface area contributed by atoms with Crippen LogP contribution in [0.5, 0.6) is 0 Å². The second-order valence-electron chi connectivity index (χ2n) is 5.94. The Morgan fingerprint density at radius 3 is 1.41 bits per heavy atom. The van der Waals surface area contributed by atoms with E-state index < -0.39 is 0 Å². The van der Waals surface area contributed by atoms with Crippen molar-refractivity contribution in [2.75, 3.05) is 6.54 Å². The van der Waals surface area contributed by atoms with Crippen molar-refractivity contribution in [2.45, 2.75) is 84.0 Å². The first-order valence-corrected chi connectivity index (χ1v) is 8.08. The third-order valence-corrected chi connectivity index (χ3v) is 4.52. The van der Waals surface area contributed by atoms with E-state index in [1.54, 1.807) is 25.7 Å². The average Bonchev–Trinajstić information content (AvgIpc) is 2.42. The van der Waals surface area contributed by atoms with Crippen LogP contribution in [-0.4, -0.2) is 6.54 Å². The monoisotopic (exact) mass is 239 g/mol. The standard InChI is InChI=1S/C12H22.C4H11N/c1-3-7-11(8-4-1)12-9-5-2-6-10-12;1-2-3-4-5/h11-12H,1-10H2;2-5H2,1H3. The Labute approximate surface area is 109 Å². The van der Waals surface area contributed by atoms with Crippen molar-refractivity contribution in [3.63, 3.8) is 0 Å². The zero-order chi connectivity index (χ0) is 12.3. The molecule has 0 bridgehead atoms. The molecule has 0 saturated heterocycles. The van der Waals surface area contributed by atoms with Crippen LogP contribution in [0.4, 0.5) is 0 Å². The van der Waals surface area contributed by atoms with Gasteiger partial charge >= 0.3 is 0 Å². The van der Waals surface area contributed by atoms with E-state index in [1.807, 2.05) is 0 Å². The molecule has 2 rings (SSSR count). The van der Waals surface area contributed by atoms with E-state index in [9.17, 15) is 0 Å². The Kier molecular flexibility index (Phi) is 8.78. The summed E-state index contributed by atoms with van der Waals surface area (Å²) in [7, 11) is 0. The van der Waals surface area contributed by atoms with Crippen molar-refractivity contribution in [3.8, 4) is 0 Å². The number of unbranched alkanes of at least 4 members (excludes halogenated alkanes) is 1. The van der Waals surface area contributed by atoms with Crippen LogP contribution < -0.4 is 5.73 Å². The fraction of sp³-hybridized carbons (Fsp3) is 1.00. The number of hydrogen-bond acceptors (Lipinski definition) is 1. The normalized spacial score (nSPS) is 22.9. The Morgan fingerprint density at radius 1 is 0.765 bits per heavy atom. The van der Waals surface area contributed by atoms with Crippen LogP contribution in [0.25, 0.3) is 0 Å². The van der Waals surface area contributed by atoms with Gasteiger partial charge in [0.25, 0.3) is 0 Å². The van der Waals surface area contributed by atoms with Gasteiger partial charge in [-0.25, -0.2) is 0 Å². The van der Waals surface area contributed by atoms with E-state index in [0.717, 1.165) is 18.4 Å². The van der Waals surface area contributed by atoms with Crippen LogP contribution in [0.15, 0.2) is 0 Å². The quantitative estimate of drug-likeness (QED) is 0.745. The molecule has 0 spiro atoms. The summed E-state index contributed by atoms with van der Waals surface area (Å²) >= 11 is 0. The van der Waals surface area contributed by atoms with Crippen LogP contribution in [0.2, 0.25) is 0 Å². The highest BCUT2D eigenvalue weighted by atomic mass is 14.5. The van der Waals surface area contributed by atoms with Crippen molar-refractivity contribution < 1.29 is 0 Å². The summed E-state index contributed by atoms with van der Waals surface area (Å²) < 4.78 is 0. The van der Waals surface area contributed by atoms with Gasteiger partial charge in [-0.3, -0.25) is 0 Å². The van der Waals surface area contributed by atoms with Crippen molar-refractivity contribution in [1.29, 1.82) is 0 Å². The molecule has 0 heterocycles. The van der Waals surface area contributed by atoms with Gasteiger partial charge in [0.15, 0.2) is 0 Å². The van der Waals surface area contributed by atoms with Gasteiger partial charge in [-0.2, -0.15) is 0 Å². The fourth-order valence-corrected chi connectivity index (χ4v) is 3.42. The Morgan fingerprint density at radius 2 is 1.18 bits per heavy atom. The first-order valence-electron chi connectivity index (χ1n) is 8.08. The van der Waals surface area contributed by atoms with Gasteiger partial charge in [-0.05, 0) is 24.8 Å². The zero-order valence-corrected chi connectivity index (χ0v) is 11.9. The summed E-state index contributed by atoms with van der Waals surface area (Å²) in [6.07, 6.45) is 17.8. The topological polar surface area (TPSA) is 26.0 Å². The number of rotatable bonds is 3. The molecule has 2 aliphatic carbocycles. The molecule has 17 heavy (non-hydrogen) atoms. The maximum atomic E-state index is 5.14. The molecule has 0 aliphatic heterocycles. The van der Waals surface area contributed by atoms with Crippen molar-refractivity contribution in [3.05, 3.63) is 0 Å². The molecule has 2 N–H and O–H groups in total. The Hall–Kier alpha value is -0.0400. The molecule has 2 fully saturated rings. The molecule has 2 saturated carbocycles. The lowest BCUT2D eigenvalue weighted by Gasteiger charge is -2.32. The third-order valence-electron chi connectivity index (χ3n) is 4.52. The van der Waals surface area contributed by atoms with E-state index in [0.29, 0.717) is 0 Å². The molecular formula is C16H33N. The average molecular weight is 239 g/mol. The molecule has 1 heteroatoms. The number of hydrogen-bond donors (Lipinski definition) is 1. The number of nitrogens with two attached hydrogens (primary N) is 1. The molecule has 2 aliphatic rings. The van der Waals surface area contributed by atoms with Crippen molar-refractivity contribution in [2.24, 2.45) is 17.6 Å². The minimum atomic E-state index is 0.844. The second kappa shape index (κ2) is 9.94. The maximum absolute atomic E-state index is 5.14. The molecule has 0 amide bonds. The summed E-state index contributed by atoms with van der Waals surface area (Å²) in [6.45, 7) is 2.98. The molecule has 0 atom stereocenters. The van der Waals surface area contributed by atoms with Gasteiger partial charge in [0, 0.05) is 0 Å².